The Labute approximate surface area is 143 Å². The van der Waals surface area contributed by atoms with E-state index in [-0.39, 0.29) is 0 Å². The molecule has 0 N–H and O–H groups in total. The van der Waals surface area contributed by atoms with E-state index in [0.29, 0.717) is 22.0 Å². The molecular formula is C16H15BrCl2N2. The van der Waals surface area contributed by atoms with E-state index in [4.69, 9.17) is 23.2 Å². The van der Waals surface area contributed by atoms with Gasteiger partial charge in [0.25, 0.3) is 0 Å². The fraction of sp³-hybridized carbons (Fsp3) is 0.375. The van der Waals surface area contributed by atoms with Crippen molar-refractivity contribution in [2.75, 3.05) is 0 Å². The van der Waals surface area contributed by atoms with E-state index in [1.807, 2.05) is 25.1 Å². The Morgan fingerprint density at radius 3 is 2.29 bits per heavy atom. The van der Waals surface area contributed by atoms with Gasteiger partial charge in [0.15, 0.2) is 5.82 Å². The maximum absolute atomic E-state index is 6.40. The maximum atomic E-state index is 6.40. The molecule has 21 heavy (non-hydrogen) atoms. The molecule has 2 aromatic rings. The number of aromatic nitrogens is 2. The van der Waals surface area contributed by atoms with Gasteiger partial charge < -0.3 is 0 Å². The summed E-state index contributed by atoms with van der Waals surface area (Å²) in [4.78, 5) is 8.99. The van der Waals surface area contributed by atoms with Crippen molar-refractivity contribution < 1.29 is 0 Å². The van der Waals surface area contributed by atoms with Crippen LogP contribution in [0, 0.1) is 6.92 Å². The zero-order valence-corrected chi connectivity index (χ0v) is 14.8. The highest BCUT2D eigenvalue weighted by Crippen LogP contribution is 2.40. The Hall–Kier alpha value is -0.640. The summed E-state index contributed by atoms with van der Waals surface area (Å²) in [6, 6.07) is 5.99. The molecule has 1 aromatic heterocycles. The Morgan fingerprint density at radius 1 is 1.10 bits per heavy atom. The first kappa shape index (κ1) is 15.3. The molecule has 0 aliphatic heterocycles. The van der Waals surface area contributed by atoms with Gasteiger partial charge in [-0.05, 0) is 49.4 Å². The molecule has 0 atom stereocenters. The predicted octanol–water partition coefficient (Wildman–Crippen LogP) is 6.18. The molecule has 2 nitrogen and oxygen atoms in total. The van der Waals surface area contributed by atoms with E-state index in [1.165, 1.54) is 12.8 Å². The third-order valence-corrected chi connectivity index (χ3v) is 5.11. The van der Waals surface area contributed by atoms with E-state index < -0.39 is 0 Å². The number of hydrogen-bond acceptors (Lipinski definition) is 2. The number of aryl methyl sites for hydroxylation is 1. The van der Waals surface area contributed by atoms with Crippen LogP contribution in [-0.4, -0.2) is 9.97 Å². The number of benzene rings is 1. The molecule has 1 aliphatic rings. The lowest BCUT2D eigenvalue weighted by atomic mass is 10.0. The summed E-state index contributed by atoms with van der Waals surface area (Å²) in [5.41, 5.74) is 2.97. The van der Waals surface area contributed by atoms with Gasteiger partial charge in [-0.3, -0.25) is 0 Å². The van der Waals surface area contributed by atoms with Crippen molar-refractivity contribution in [3.63, 3.8) is 0 Å². The van der Waals surface area contributed by atoms with Crippen molar-refractivity contribution in [1.29, 1.82) is 0 Å². The Morgan fingerprint density at radius 2 is 1.71 bits per heavy atom. The largest absolute Gasteiger partial charge is 0.216 e. The highest BCUT2D eigenvalue weighted by Gasteiger charge is 2.24. The average molecular weight is 386 g/mol. The van der Waals surface area contributed by atoms with Gasteiger partial charge in [-0.15, -0.1) is 0 Å². The first-order valence-electron chi connectivity index (χ1n) is 7.05. The second kappa shape index (κ2) is 6.23. The molecule has 1 fully saturated rings. The first-order chi connectivity index (χ1) is 10.1. The van der Waals surface area contributed by atoms with Crippen LogP contribution in [0.4, 0.5) is 0 Å². The standard InChI is InChI=1S/C16H15BrCl2N2/c1-9-8-11(17)6-7-12(9)16-20-14(18)13(15(19)21-16)10-4-2-3-5-10/h6-8,10H,2-5H2,1H3. The van der Waals surface area contributed by atoms with E-state index in [2.05, 4.69) is 25.9 Å². The van der Waals surface area contributed by atoms with Crippen LogP contribution in [0.15, 0.2) is 22.7 Å². The van der Waals surface area contributed by atoms with Crippen LogP contribution in [0.2, 0.25) is 10.3 Å². The topological polar surface area (TPSA) is 25.8 Å². The zero-order valence-electron chi connectivity index (χ0n) is 11.7. The van der Waals surface area contributed by atoms with Crippen LogP contribution in [-0.2, 0) is 0 Å². The van der Waals surface area contributed by atoms with Crippen LogP contribution in [0.25, 0.3) is 11.4 Å². The molecule has 0 radical (unpaired) electrons. The lowest BCUT2D eigenvalue weighted by Gasteiger charge is -2.14. The molecule has 0 saturated heterocycles. The fourth-order valence-electron chi connectivity index (χ4n) is 2.97. The third-order valence-electron chi connectivity index (χ3n) is 4.05. The molecule has 1 heterocycles. The summed E-state index contributed by atoms with van der Waals surface area (Å²) in [7, 11) is 0. The molecule has 5 heteroatoms. The first-order valence-corrected chi connectivity index (χ1v) is 8.60. The molecule has 3 rings (SSSR count). The molecule has 1 saturated carbocycles. The van der Waals surface area contributed by atoms with Gasteiger partial charge in [0.2, 0.25) is 0 Å². The quantitative estimate of drug-likeness (QED) is 0.576. The highest BCUT2D eigenvalue weighted by molar-refractivity contribution is 9.10. The highest BCUT2D eigenvalue weighted by atomic mass is 79.9. The van der Waals surface area contributed by atoms with Crippen molar-refractivity contribution in [1.82, 2.24) is 9.97 Å². The van der Waals surface area contributed by atoms with E-state index >= 15 is 0 Å². The summed E-state index contributed by atoms with van der Waals surface area (Å²) in [5.74, 6) is 1.00. The Balaban J connectivity index is 2.05. The van der Waals surface area contributed by atoms with Gasteiger partial charge in [0.05, 0.1) is 0 Å². The van der Waals surface area contributed by atoms with Crippen LogP contribution in [0.3, 0.4) is 0 Å². The smallest absolute Gasteiger partial charge is 0.162 e. The minimum Gasteiger partial charge on any atom is -0.216 e. The number of halogens is 3. The van der Waals surface area contributed by atoms with Crippen molar-refractivity contribution in [2.45, 2.75) is 38.5 Å². The van der Waals surface area contributed by atoms with Crippen molar-refractivity contribution in [3.8, 4) is 11.4 Å². The normalized spacial score (nSPS) is 15.6. The van der Waals surface area contributed by atoms with Crippen LogP contribution < -0.4 is 0 Å². The SMILES string of the molecule is Cc1cc(Br)ccc1-c1nc(Cl)c(C2CCCC2)c(Cl)n1. The molecule has 0 bridgehead atoms. The second-order valence-electron chi connectivity index (χ2n) is 5.48. The molecular weight excluding hydrogens is 371 g/mol. The van der Waals surface area contributed by atoms with E-state index in [0.717, 1.165) is 34.0 Å². The minimum atomic E-state index is 0.407. The van der Waals surface area contributed by atoms with E-state index in [9.17, 15) is 0 Å². The van der Waals surface area contributed by atoms with Crippen LogP contribution in [0.1, 0.15) is 42.7 Å². The minimum absolute atomic E-state index is 0.407. The molecule has 0 unspecified atom stereocenters. The van der Waals surface area contributed by atoms with Crippen LogP contribution in [0.5, 0.6) is 0 Å². The van der Waals surface area contributed by atoms with E-state index in [1.54, 1.807) is 0 Å². The number of hydrogen-bond donors (Lipinski definition) is 0. The van der Waals surface area contributed by atoms with Gasteiger partial charge in [-0.25, -0.2) is 9.97 Å². The fourth-order valence-corrected chi connectivity index (χ4v) is 4.14. The molecule has 0 amide bonds. The predicted molar refractivity (Wildman–Crippen MR) is 91.1 cm³/mol. The van der Waals surface area contributed by atoms with Gasteiger partial charge in [0, 0.05) is 15.6 Å². The number of rotatable bonds is 2. The second-order valence-corrected chi connectivity index (χ2v) is 7.11. The lowest BCUT2D eigenvalue weighted by Crippen LogP contribution is -2.02. The Bertz CT molecular complexity index is 659. The van der Waals surface area contributed by atoms with Crippen molar-refractivity contribution in [2.24, 2.45) is 0 Å². The van der Waals surface area contributed by atoms with Crippen molar-refractivity contribution >= 4 is 39.1 Å². The summed E-state index contributed by atoms with van der Waals surface area (Å²) in [6.07, 6.45) is 4.70. The molecule has 1 aromatic carbocycles. The van der Waals surface area contributed by atoms with Crippen LogP contribution >= 0.6 is 39.1 Å². The zero-order chi connectivity index (χ0) is 15.0. The molecule has 110 valence electrons. The third kappa shape index (κ3) is 3.10. The summed E-state index contributed by atoms with van der Waals surface area (Å²) in [6.45, 7) is 2.02. The molecule has 0 spiro atoms. The van der Waals surface area contributed by atoms with Gasteiger partial charge in [0.1, 0.15) is 10.3 Å². The van der Waals surface area contributed by atoms with Gasteiger partial charge in [-0.2, -0.15) is 0 Å². The summed E-state index contributed by atoms with van der Waals surface area (Å²) < 4.78 is 1.03. The van der Waals surface area contributed by atoms with Gasteiger partial charge in [-0.1, -0.05) is 52.0 Å². The summed E-state index contributed by atoms with van der Waals surface area (Å²) >= 11 is 16.3. The van der Waals surface area contributed by atoms with Crippen molar-refractivity contribution in [3.05, 3.63) is 44.1 Å². The monoisotopic (exact) mass is 384 g/mol. The van der Waals surface area contributed by atoms with Gasteiger partial charge >= 0.3 is 0 Å². The lowest BCUT2D eigenvalue weighted by molar-refractivity contribution is 0.715. The Kier molecular flexibility index (Phi) is 4.53. The number of nitrogens with zero attached hydrogens (tertiary/aromatic N) is 2. The molecule has 1 aliphatic carbocycles. The summed E-state index contributed by atoms with van der Waals surface area (Å²) in [5, 5.41) is 0.999. The maximum Gasteiger partial charge on any atom is 0.162 e. The average Bonchev–Trinajstić information content (AvgIpc) is 2.91.